The molecule has 2 N–H and O–H groups in total. The molecule has 1 heterocycles. The molecule has 1 fully saturated rings. The Hall–Kier alpha value is -1.82. The molecule has 2 rings (SSSR count). The summed E-state index contributed by atoms with van der Waals surface area (Å²) in [5.41, 5.74) is 6.25. The smallest absolute Gasteiger partial charge is 0.233 e. The molecule has 0 radical (unpaired) electrons. The molecule has 2 amide bonds. The average molecular weight is 294 g/mol. The molecule has 0 aromatic heterocycles. The first-order valence-corrected chi connectivity index (χ1v) is 6.67. The van der Waals surface area contributed by atoms with Gasteiger partial charge in [0.05, 0.1) is 6.54 Å². The van der Waals surface area contributed by atoms with E-state index < -0.39 is 5.82 Å². The number of halogens is 1. The molecule has 4 nitrogen and oxygen atoms in total. The van der Waals surface area contributed by atoms with E-state index in [1.165, 1.54) is 18.2 Å². The molecule has 0 saturated carbocycles. The van der Waals surface area contributed by atoms with Gasteiger partial charge in [-0.15, -0.1) is 0 Å². The van der Waals surface area contributed by atoms with E-state index in [-0.39, 0.29) is 40.7 Å². The zero-order chi connectivity index (χ0) is 15.0. The van der Waals surface area contributed by atoms with Crippen LogP contribution in [0.2, 0.25) is 0 Å². The van der Waals surface area contributed by atoms with Crippen LogP contribution in [0.3, 0.4) is 0 Å². The Morgan fingerprint density at radius 3 is 2.35 bits per heavy atom. The number of hydrogen-bond acceptors (Lipinski definition) is 3. The maximum atomic E-state index is 13.8. The molecule has 106 valence electrons. The largest absolute Gasteiger partial charge is 0.389 e. The highest BCUT2D eigenvalue weighted by Gasteiger charge is 2.42. The molecule has 0 spiro atoms. The number of imide groups is 1. The number of nitrogens with two attached hydrogens (primary N) is 1. The third kappa shape index (κ3) is 2.43. The van der Waals surface area contributed by atoms with Crippen LogP contribution in [0.25, 0.3) is 0 Å². The molecule has 1 aromatic rings. The highest BCUT2D eigenvalue weighted by Crippen LogP contribution is 2.27. The van der Waals surface area contributed by atoms with E-state index in [1.54, 1.807) is 13.8 Å². The number of carbonyl (C=O) groups is 2. The summed E-state index contributed by atoms with van der Waals surface area (Å²) in [4.78, 5) is 25.2. The summed E-state index contributed by atoms with van der Waals surface area (Å²) in [5, 5.41) is 0. The lowest BCUT2D eigenvalue weighted by Crippen LogP contribution is -2.30. The van der Waals surface area contributed by atoms with Crippen molar-refractivity contribution < 1.29 is 14.0 Å². The molecular formula is C14H15FN2O2S. The Kier molecular flexibility index (Phi) is 3.85. The van der Waals surface area contributed by atoms with Crippen molar-refractivity contribution in [3.8, 4) is 0 Å². The number of carbonyl (C=O) groups excluding carboxylic acids is 2. The lowest BCUT2D eigenvalue weighted by Gasteiger charge is -2.15. The van der Waals surface area contributed by atoms with Crippen LogP contribution in [-0.4, -0.2) is 21.7 Å². The van der Waals surface area contributed by atoms with Gasteiger partial charge in [0.15, 0.2) is 0 Å². The fourth-order valence-corrected chi connectivity index (χ4v) is 2.33. The fraction of sp³-hybridized carbons (Fsp3) is 0.357. The summed E-state index contributed by atoms with van der Waals surface area (Å²) < 4.78 is 13.8. The van der Waals surface area contributed by atoms with E-state index in [0.29, 0.717) is 5.56 Å². The number of amides is 2. The highest BCUT2D eigenvalue weighted by molar-refractivity contribution is 7.80. The van der Waals surface area contributed by atoms with Crippen molar-refractivity contribution in [2.75, 3.05) is 0 Å². The summed E-state index contributed by atoms with van der Waals surface area (Å²) >= 11 is 4.84. The number of benzene rings is 1. The van der Waals surface area contributed by atoms with E-state index in [0.717, 1.165) is 4.90 Å². The van der Waals surface area contributed by atoms with E-state index in [9.17, 15) is 14.0 Å². The predicted octanol–water partition coefficient (Wildman–Crippen LogP) is 1.60. The van der Waals surface area contributed by atoms with Gasteiger partial charge >= 0.3 is 0 Å². The van der Waals surface area contributed by atoms with Crippen molar-refractivity contribution in [2.24, 2.45) is 17.6 Å². The van der Waals surface area contributed by atoms with Gasteiger partial charge in [0, 0.05) is 23.0 Å². The van der Waals surface area contributed by atoms with Crippen LogP contribution in [-0.2, 0) is 16.1 Å². The molecule has 1 saturated heterocycles. The Morgan fingerprint density at radius 2 is 1.85 bits per heavy atom. The average Bonchev–Trinajstić information content (AvgIpc) is 2.58. The van der Waals surface area contributed by atoms with Crippen molar-refractivity contribution in [1.82, 2.24) is 4.90 Å². The number of thiocarbonyl (C=S) groups is 1. The monoisotopic (exact) mass is 294 g/mol. The fourth-order valence-electron chi connectivity index (χ4n) is 2.20. The van der Waals surface area contributed by atoms with Crippen LogP contribution >= 0.6 is 12.2 Å². The molecule has 6 heteroatoms. The second-order valence-corrected chi connectivity index (χ2v) is 5.45. The van der Waals surface area contributed by atoms with Crippen LogP contribution in [0, 0.1) is 17.7 Å². The molecular weight excluding hydrogens is 279 g/mol. The standard InChI is InChI=1S/C14H15FN2O2S/c1-7-8(2)14(19)17(13(7)18)6-10-5-9(12(16)20)3-4-11(10)15/h3-5,7-8H,6H2,1-2H3,(H2,16,20). The van der Waals surface area contributed by atoms with Gasteiger partial charge in [-0.3, -0.25) is 14.5 Å². The Balaban J connectivity index is 2.31. The Bertz CT molecular complexity index is 583. The minimum Gasteiger partial charge on any atom is -0.389 e. The summed E-state index contributed by atoms with van der Waals surface area (Å²) in [6.45, 7) is 3.31. The zero-order valence-electron chi connectivity index (χ0n) is 11.2. The molecule has 1 aliphatic heterocycles. The first-order chi connectivity index (χ1) is 9.32. The van der Waals surface area contributed by atoms with Gasteiger partial charge in [-0.2, -0.15) is 0 Å². The lowest BCUT2D eigenvalue weighted by molar-refractivity contribution is -0.140. The highest BCUT2D eigenvalue weighted by atomic mass is 32.1. The number of likely N-dealkylation sites (tertiary alicyclic amines) is 1. The van der Waals surface area contributed by atoms with Gasteiger partial charge in [-0.25, -0.2) is 4.39 Å². The number of rotatable bonds is 3. The minimum atomic E-state index is -0.488. The maximum Gasteiger partial charge on any atom is 0.233 e. The molecule has 2 unspecified atom stereocenters. The number of hydrogen-bond donors (Lipinski definition) is 1. The predicted molar refractivity (Wildman–Crippen MR) is 76.2 cm³/mol. The number of nitrogens with zero attached hydrogens (tertiary/aromatic N) is 1. The Morgan fingerprint density at radius 1 is 1.30 bits per heavy atom. The quantitative estimate of drug-likeness (QED) is 0.679. The van der Waals surface area contributed by atoms with E-state index in [4.69, 9.17) is 18.0 Å². The SMILES string of the molecule is CC1C(=O)N(Cc2cc(C(N)=S)ccc2F)C(=O)C1C. The molecule has 0 bridgehead atoms. The van der Waals surface area contributed by atoms with Gasteiger partial charge in [0.2, 0.25) is 11.8 Å². The van der Waals surface area contributed by atoms with Crippen molar-refractivity contribution in [3.05, 3.63) is 35.1 Å². The van der Waals surface area contributed by atoms with Crippen LogP contribution in [0.15, 0.2) is 18.2 Å². The third-order valence-corrected chi connectivity index (χ3v) is 3.96. The molecule has 1 aliphatic rings. The summed E-state index contributed by atoms with van der Waals surface area (Å²) in [6, 6.07) is 4.19. The molecule has 1 aromatic carbocycles. The van der Waals surface area contributed by atoms with E-state index in [1.807, 2.05) is 0 Å². The first-order valence-electron chi connectivity index (χ1n) is 6.26. The second kappa shape index (κ2) is 5.28. The maximum absolute atomic E-state index is 13.8. The molecule has 20 heavy (non-hydrogen) atoms. The van der Waals surface area contributed by atoms with Crippen LogP contribution in [0.5, 0.6) is 0 Å². The van der Waals surface area contributed by atoms with Gasteiger partial charge in [0.25, 0.3) is 0 Å². The van der Waals surface area contributed by atoms with Gasteiger partial charge in [-0.05, 0) is 18.2 Å². The first kappa shape index (κ1) is 14.6. The Labute approximate surface area is 121 Å². The van der Waals surface area contributed by atoms with Crippen molar-refractivity contribution >= 4 is 29.0 Å². The molecule has 2 atom stereocenters. The van der Waals surface area contributed by atoms with E-state index in [2.05, 4.69) is 0 Å². The van der Waals surface area contributed by atoms with Crippen molar-refractivity contribution in [3.63, 3.8) is 0 Å². The summed E-state index contributed by atoms with van der Waals surface area (Å²) in [5.74, 6) is -1.78. The van der Waals surface area contributed by atoms with Crippen molar-refractivity contribution in [1.29, 1.82) is 0 Å². The van der Waals surface area contributed by atoms with Gasteiger partial charge in [0.1, 0.15) is 10.8 Å². The van der Waals surface area contributed by atoms with E-state index >= 15 is 0 Å². The van der Waals surface area contributed by atoms with Crippen LogP contribution in [0.4, 0.5) is 4.39 Å². The van der Waals surface area contributed by atoms with Gasteiger partial charge < -0.3 is 5.73 Å². The normalized spacial score (nSPS) is 22.4. The van der Waals surface area contributed by atoms with Crippen LogP contribution in [0.1, 0.15) is 25.0 Å². The lowest BCUT2D eigenvalue weighted by atomic mass is 10.00. The van der Waals surface area contributed by atoms with Gasteiger partial charge in [-0.1, -0.05) is 26.1 Å². The summed E-state index contributed by atoms with van der Waals surface area (Å²) in [6.07, 6.45) is 0. The van der Waals surface area contributed by atoms with Crippen LogP contribution < -0.4 is 5.73 Å². The van der Waals surface area contributed by atoms with Crippen molar-refractivity contribution in [2.45, 2.75) is 20.4 Å². The minimum absolute atomic E-state index is 0.0887. The zero-order valence-corrected chi connectivity index (χ0v) is 12.0. The topological polar surface area (TPSA) is 63.4 Å². The summed E-state index contributed by atoms with van der Waals surface area (Å²) in [7, 11) is 0. The second-order valence-electron chi connectivity index (χ2n) is 5.01. The molecule has 0 aliphatic carbocycles. The third-order valence-electron chi connectivity index (χ3n) is 3.72.